The zero-order valence-electron chi connectivity index (χ0n) is 11.7. The minimum atomic E-state index is -0.0406. The highest BCUT2D eigenvalue weighted by molar-refractivity contribution is 9.10. The van der Waals surface area contributed by atoms with Gasteiger partial charge >= 0.3 is 0 Å². The number of halogens is 1. The highest BCUT2D eigenvalue weighted by atomic mass is 79.9. The lowest BCUT2D eigenvalue weighted by Crippen LogP contribution is -2.49. The number of likely N-dealkylation sites (tertiary alicyclic amines) is 1. The van der Waals surface area contributed by atoms with E-state index in [2.05, 4.69) is 52.0 Å². The van der Waals surface area contributed by atoms with Crippen molar-refractivity contribution < 1.29 is 4.74 Å². The van der Waals surface area contributed by atoms with Crippen molar-refractivity contribution in [2.45, 2.75) is 31.4 Å². The van der Waals surface area contributed by atoms with E-state index in [1.165, 1.54) is 5.56 Å². The lowest BCUT2D eigenvalue weighted by Gasteiger charge is -2.43. The summed E-state index contributed by atoms with van der Waals surface area (Å²) in [6, 6.07) is 8.75. The van der Waals surface area contributed by atoms with Gasteiger partial charge in [-0.05, 0) is 44.0 Å². The summed E-state index contributed by atoms with van der Waals surface area (Å²) < 4.78 is 6.77. The van der Waals surface area contributed by atoms with Gasteiger partial charge in [-0.25, -0.2) is 0 Å². The predicted molar refractivity (Wildman–Crippen MR) is 82.2 cm³/mol. The Morgan fingerprint density at radius 1 is 1.42 bits per heavy atom. The molecule has 4 heteroatoms. The van der Waals surface area contributed by atoms with Crippen molar-refractivity contribution in [2.75, 3.05) is 26.7 Å². The van der Waals surface area contributed by atoms with E-state index in [1.54, 1.807) is 7.11 Å². The van der Waals surface area contributed by atoms with E-state index < -0.39 is 0 Å². The standard InChI is InChI=1S/C15H23BrN2O/c1-15(19-2)8-3-9-18(11-15)14(10-17)12-4-6-13(16)7-5-12/h4-7,14H,3,8-11,17H2,1-2H3. The summed E-state index contributed by atoms with van der Waals surface area (Å²) in [6.07, 6.45) is 2.29. The van der Waals surface area contributed by atoms with Crippen LogP contribution in [0.5, 0.6) is 0 Å². The molecule has 0 aliphatic carbocycles. The summed E-state index contributed by atoms with van der Waals surface area (Å²) >= 11 is 3.48. The molecular formula is C15H23BrN2O. The van der Waals surface area contributed by atoms with E-state index in [0.29, 0.717) is 6.54 Å². The molecule has 0 bridgehead atoms. The summed E-state index contributed by atoms with van der Waals surface area (Å²) in [5.41, 5.74) is 7.25. The normalized spacial score (nSPS) is 26.3. The van der Waals surface area contributed by atoms with Crippen LogP contribution in [0, 0.1) is 0 Å². The number of piperidine rings is 1. The molecule has 3 nitrogen and oxygen atoms in total. The molecule has 0 spiro atoms. The lowest BCUT2D eigenvalue weighted by atomic mass is 9.92. The Morgan fingerprint density at radius 3 is 2.68 bits per heavy atom. The summed E-state index contributed by atoms with van der Waals surface area (Å²) in [4.78, 5) is 2.45. The number of nitrogens with zero attached hydrogens (tertiary/aromatic N) is 1. The van der Waals surface area contributed by atoms with E-state index in [0.717, 1.165) is 30.4 Å². The van der Waals surface area contributed by atoms with Gasteiger partial charge in [-0.2, -0.15) is 0 Å². The molecule has 0 amide bonds. The van der Waals surface area contributed by atoms with Gasteiger partial charge in [0.05, 0.1) is 5.60 Å². The maximum Gasteiger partial charge on any atom is 0.0777 e. The second-order valence-electron chi connectivity index (χ2n) is 5.53. The van der Waals surface area contributed by atoms with Gasteiger partial charge in [0, 0.05) is 30.7 Å². The minimum absolute atomic E-state index is 0.0406. The summed E-state index contributed by atoms with van der Waals surface area (Å²) in [7, 11) is 1.81. The molecule has 0 aromatic heterocycles. The first-order valence-electron chi connectivity index (χ1n) is 6.83. The van der Waals surface area contributed by atoms with Gasteiger partial charge < -0.3 is 10.5 Å². The van der Waals surface area contributed by atoms with Crippen LogP contribution in [0.15, 0.2) is 28.7 Å². The summed E-state index contributed by atoms with van der Waals surface area (Å²) in [6.45, 7) is 4.87. The largest absolute Gasteiger partial charge is 0.377 e. The van der Waals surface area contributed by atoms with Crippen molar-refractivity contribution in [3.63, 3.8) is 0 Å². The van der Waals surface area contributed by atoms with Gasteiger partial charge in [0.2, 0.25) is 0 Å². The number of nitrogens with two attached hydrogens (primary N) is 1. The van der Waals surface area contributed by atoms with Crippen LogP contribution >= 0.6 is 15.9 Å². The fourth-order valence-corrected chi connectivity index (χ4v) is 3.12. The second-order valence-corrected chi connectivity index (χ2v) is 6.45. The van der Waals surface area contributed by atoms with E-state index in [9.17, 15) is 0 Å². The zero-order chi connectivity index (χ0) is 13.9. The third-order valence-electron chi connectivity index (χ3n) is 4.10. The molecule has 0 saturated carbocycles. The molecule has 1 heterocycles. The molecule has 0 radical (unpaired) electrons. The van der Waals surface area contributed by atoms with Gasteiger partial charge in [0.1, 0.15) is 0 Å². The predicted octanol–water partition coefficient (Wildman–Crippen LogP) is 2.95. The zero-order valence-corrected chi connectivity index (χ0v) is 13.3. The molecule has 1 aliphatic heterocycles. The third kappa shape index (κ3) is 3.57. The molecule has 1 fully saturated rings. The number of hydrogen-bond donors (Lipinski definition) is 1. The van der Waals surface area contributed by atoms with Crippen LogP contribution in [0.3, 0.4) is 0 Å². The quantitative estimate of drug-likeness (QED) is 0.924. The molecule has 19 heavy (non-hydrogen) atoms. The summed E-state index contributed by atoms with van der Waals surface area (Å²) in [5, 5.41) is 0. The Labute approximate surface area is 124 Å². The van der Waals surface area contributed by atoms with Crippen molar-refractivity contribution in [3.05, 3.63) is 34.3 Å². The topological polar surface area (TPSA) is 38.5 Å². The van der Waals surface area contributed by atoms with Gasteiger partial charge in [-0.1, -0.05) is 28.1 Å². The van der Waals surface area contributed by atoms with E-state index in [4.69, 9.17) is 10.5 Å². The molecule has 2 atom stereocenters. The minimum Gasteiger partial charge on any atom is -0.377 e. The number of rotatable bonds is 4. The molecule has 1 saturated heterocycles. The van der Waals surface area contributed by atoms with Crippen LogP contribution in [0.25, 0.3) is 0 Å². The van der Waals surface area contributed by atoms with Crippen LogP contribution in [-0.4, -0.2) is 37.2 Å². The molecule has 2 unspecified atom stereocenters. The molecule has 106 valence electrons. The highest BCUT2D eigenvalue weighted by Gasteiger charge is 2.33. The van der Waals surface area contributed by atoms with Crippen molar-refractivity contribution in [1.82, 2.24) is 4.90 Å². The highest BCUT2D eigenvalue weighted by Crippen LogP contribution is 2.30. The Kier molecular flexibility index (Phi) is 5.01. The first-order chi connectivity index (χ1) is 9.08. The maximum atomic E-state index is 6.01. The van der Waals surface area contributed by atoms with Crippen LogP contribution < -0.4 is 5.73 Å². The summed E-state index contributed by atoms with van der Waals surface area (Å²) in [5.74, 6) is 0. The molecule has 1 aromatic rings. The van der Waals surface area contributed by atoms with E-state index in [-0.39, 0.29) is 11.6 Å². The number of methoxy groups -OCH3 is 1. The number of hydrogen-bond acceptors (Lipinski definition) is 3. The van der Waals surface area contributed by atoms with Crippen LogP contribution in [0.4, 0.5) is 0 Å². The Bertz CT molecular complexity index is 409. The Balaban J connectivity index is 2.15. The van der Waals surface area contributed by atoms with Gasteiger partial charge in [0.15, 0.2) is 0 Å². The SMILES string of the molecule is COC1(C)CCCN(C(CN)c2ccc(Br)cc2)C1. The molecule has 2 rings (SSSR count). The molecule has 1 aromatic carbocycles. The second kappa shape index (κ2) is 6.35. The van der Waals surface area contributed by atoms with E-state index >= 15 is 0 Å². The van der Waals surface area contributed by atoms with Gasteiger partial charge in [0.25, 0.3) is 0 Å². The first kappa shape index (κ1) is 15.0. The number of benzene rings is 1. The molecule has 1 aliphatic rings. The van der Waals surface area contributed by atoms with Gasteiger partial charge in [-0.3, -0.25) is 4.90 Å². The van der Waals surface area contributed by atoms with Crippen LogP contribution in [0.1, 0.15) is 31.4 Å². The fourth-order valence-electron chi connectivity index (χ4n) is 2.86. The molecular weight excluding hydrogens is 304 g/mol. The Morgan fingerprint density at radius 2 is 2.11 bits per heavy atom. The smallest absolute Gasteiger partial charge is 0.0777 e. The van der Waals surface area contributed by atoms with Crippen LogP contribution in [0.2, 0.25) is 0 Å². The van der Waals surface area contributed by atoms with E-state index in [1.807, 2.05) is 0 Å². The third-order valence-corrected chi connectivity index (χ3v) is 4.63. The lowest BCUT2D eigenvalue weighted by molar-refractivity contribution is -0.0608. The average Bonchev–Trinajstić information content (AvgIpc) is 2.42. The number of ether oxygens (including phenoxy) is 1. The van der Waals surface area contributed by atoms with Crippen molar-refractivity contribution in [1.29, 1.82) is 0 Å². The average molecular weight is 327 g/mol. The van der Waals surface area contributed by atoms with Crippen LogP contribution in [-0.2, 0) is 4.74 Å². The molecule has 2 N–H and O–H groups in total. The maximum absolute atomic E-state index is 6.01. The van der Waals surface area contributed by atoms with Gasteiger partial charge in [-0.15, -0.1) is 0 Å². The van der Waals surface area contributed by atoms with Crippen molar-refractivity contribution >= 4 is 15.9 Å². The van der Waals surface area contributed by atoms with Crippen molar-refractivity contribution in [2.24, 2.45) is 5.73 Å². The fraction of sp³-hybridized carbons (Fsp3) is 0.600. The first-order valence-corrected chi connectivity index (χ1v) is 7.62. The Hall–Kier alpha value is -0.420. The van der Waals surface area contributed by atoms with Crippen molar-refractivity contribution in [3.8, 4) is 0 Å². The monoisotopic (exact) mass is 326 g/mol.